The number of anilines is 1. The smallest absolute Gasteiger partial charge is 0.257 e. The lowest BCUT2D eigenvalue weighted by Crippen LogP contribution is -2.29. The molecule has 4 nitrogen and oxygen atoms in total. The molecule has 1 N–H and O–H groups in total. The number of pyridine rings is 1. The van der Waals surface area contributed by atoms with E-state index in [-0.39, 0.29) is 11.7 Å². The molecule has 0 radical (unpaired) electrons. The van der Waals surface area contributed by atoms with E-state index in [1.54, 1.807) is 18.3 Å². The third-order valence-corrected chi connectivity index (χ3v) is 3.68. The number of carbonyl (C=O) groups excluding carboxylic acids is 1. The van der Waals surface area contributed by atoms with Crippen LogP contribution in [0.3, 0.4) is 0 Å². The second-order valence-corrected chi connectivity index (χ2v) is 5.27. The Balaban J connectivity index is 1.85. The molecule has 0 aliphatic carbocycles. The third-order valence-electron chi connectivity index (χ3n) is 3.68. The quantitative estimate of drug-likeness (QED) is 0.922. The van der Waals surface area contributed by atoms with Crippen molar-refractivity contribution in [2.24, 2.45) is 0 Å². The second kappa shape index (κ2) is 5.61. The Hall–Kier alpha value is -2.27. The molecule has 0 saturated heterocycles. The van der Waals surface area contributed by atoms with Crippen molar-refractivity contribution in [1.82, 2.24) is 9.88 Å². The molecule has 1 aliphatic rings. The van der Waals surface area contributed by atoms with Crippen molar-refractivity contribution in [2.75, 3.05) is 18.9 Å². The molecule has 0 unspecified atom stereocenters. The highest BCUT2D eigenvalue weighted by atomic mass is 19.1. The number of carbonyl (C=O) groups is 1. The number of amides is 1. The summed E-state index contributed by atoms with van der Waals surface area (Å²) in [7, 11) is 2.05. The van der Waals surface area contributed by atoms with Crippen molar-refractivity contribution >= 4 is 11.6 Å². The van der Waals surface area contributed by atoms with E-state index in [2.05, 4.69) is 15.2 Å². The zero-order valence-corrected chi connectivity index (χ0v) is 11.8. The number of hydrogen-bond acceptors (Lipinski definition) is 3. The first-order valence-electron chi connectivity index (χ1n) is 6.84. The predicted molar refractivity (Wildman–Crippen MR) is 78.6 cm³/mol. The first-order chi connectivity index (χ1) is 10.1. The molecular weight excluding hydrogens is 269 g/mol. The van der Waals surface area contributed by atoms with Gasteiger partial charge in [0.25, 0.3) is 5.91 Å². The van der Waals surface area contributed by atoms with E-state index in [0.717, 1.165) is 30.6 Å². The first kappa shape index (κ1) is 13.7. The molecular formula is C16H16FN3O. The summed E-state index contributed by atoms with van der Waals surface area (Å²) in [6.07, 6.45) is 4.25. The number of likely N-dealkylation sites (N-methyl/N-ethyl adjacent to an activating group) is 1. The minimum absolute atomic E-state index is 0.199. The first-order valence-corrected chi connectivity index (χ1v) is 6.84. The van der Waals surface area contributed by atoms with Gasteiger partial charge in [0.2, 0.25) is 0 Å². The topological polar surface area (TPSA) is 45.2 Å². The number of halogens is 1. The summed E-state index contributed by atoms with van der Waals surface area (Å²) in [5.74, 6) is -0.523. The van der Waals surface area contributed by atoms with Crippen LogP contribution in [-0.4, -0.2) is 29.4 Å². The molecule has 2 aromatic rings. The summed E-state index contributed by atoms with van der Waals surface area (Å²) in [6.45, 7) is 1.73. The Morgan fingerprint density at radius 2 is 2.05 bits per heavy atom. The predicted octanol–water partition coefficient (Wildman–Crippen LogP) is 2.46. The summed E-state index contributed by atoms with van der Waals surface area (Å²) in [5.41, 5.74) is 3.33. The van der Waals surface area contributed by atoms with Crippen molar-refractivity contribution in [2.45, 2.75) is 13.0 Å². The van der Waals surface area contributed by atoms with E-state index in [1.807, 2.05) is 13.2 Å². The lowest BCUT2D eigenvalue weighted by Gasteiger charge is -2.26. The number of benzene rings is 1. The SMILES string of the molecule is CN1CCc2c(cncc2C(=O)Nc2ccc(F)cc2)C1. The maximum atomic E-state index is 12.9. The third kappa shape index (κ3) is 2.92. The molecule has 1 aromatic carbocycles. The molecule has 1 amide bonds. The number of aromatic nitrogens is 1. The van der Waals surface area contributed by atoms with Crippen LogP contribution in [0, 0.1) is 5.82 Å². The van der Waals surface area contributed by atoms with Gasteiger partial charge in [-0.05, 0) is 48.9 Å². The minimum atomic E-state index is -0.324. The Bertz CT molecular complexity index is 670. The average molecular weight is 285 g/mol. The van der Waals surface area contributed by atoms with Gasteiger partial charge in [-0.2, -0.15) is 0 Å². The normalized spacial score (nSPS) is 14.6. The van der Waals surface area contributed by atoms with Gasteiger partial charge in [0, 0.05) is 31.2 Å². The summed E-state index contributed by atoms with van der Waals surface area (Å²) < 4.78 is 12.9. The van der Waals surface area contributed by atoms with Crippen molar-refractivity contribution in [3.8, 4) is 0 Å². The van der Waals surface area contributed by atoms with Crippen LogP contribution in [0.2, 0.25) is 0 Å². The second-order valence-electron chi connectivity index (χ2n) is 5.27. The van der Waals surface area contributed by atoms with Crippen molar-refractivity contribution in [1.29, 1.82) is 0 Å². The molecule has 3 rings (SSSR count). The van der Waals surface area contributed by atoms with Crippen LogP contribution in [0.25, 0.3) is 0 Å². The average Bonchev–Trinajstić information content (AvgIpc) is 2.48. The highest BCUT2D eigenvalue weighted by Gasteiger charge is 2.20. The van der Waals surface area contributed by atoms with E-state index in [9.17, 15) is 9.18 Å². The monoisotopic (exact) mass is 285 g/mol. The van der Waals surface area contributed by atoms with Crippen molar-refractivity contribution in [3.05, 3.63) is 59.2 Å². The lowest BCUT2D eigenvalue weighted by molar-refractivity contribution is 0.102. The van der Waals surface area contributed by atoms with Gasteiger partial charge < -0.3 is 10.2 Å². The van der Waals surface area contributed by atoms with Gasteiger partial charge in [-0.15, -0.1) is 0 Å². The zero-order chi connectivity index (χ0) is 14.8. The number of rotatable bonds is 2. The van der Waals surface area contributed by atoms with E-state index < -0.39 is 0 Å². The van der Waals surface area contributed by atoms with Gasteiger partial charge in [-0.3, -0.25) is 9.78 Å². The Labute approximate surface area is 122 Å². The van der Waals surface area contributed by atoms with E-state index in [1.165, 1.54) is 12.1 Å². The molecule has 1 aromatic heterocycles. The van der Waals surface area contributed by atoms with Gasteiger partial charge in [0.1, 0.15) is 5.82 Å². The van der Waals surface area contributed by atoms with Gasteiger partial charge in [0.05, 0.1) is 5.56 Å². The fourth-order valence-electron chi connectivity index (χ4n) is 2.56. The molecule has 21 heavy (non-hydrogen) atoms. The van der Waals surface area contributed by atoms with Crippen LogP contribution < -0.4 is 5.32 Å². The van der Waals surface area contributed by atoms with Gasteiger partial charge in [-0.25, -0.2) is 4.39 Å². The molecule has 1 aliphatic heterocycles. The van der Waals surface area contributed by atoms with Gasteiger partial charge in [-0.1, -0.05) is 0 Å². The largest absolute Gasteiger partial charge is 0.322 e. The Morgan fingerprint density at radius 1 is 1.29 bits per heavy atom. The number of nitrogens with one attached hydrogen (secondary N) is 1. The van der Waals surface area contributed by atoms with Crippen LogP contribution in [0.15, 0.2) is 36.7 Å². The molecule has 5 heteroatoms. The molecule has 0 fully saturated rings. The van der Waals surface area contributed by atoms with Crippen LogP contribution in [-0.2, 0) is 13.0 Å². The highest BCUT2D eigenvalue weighted by Crippen LogP contribution is 2.21. The lowest BCUT2D eigenvalue weighted by atomic mass is 9.97. The highest BCUT2D eigenvalue weighted by molar-refractivity contribution is 6.05. The maximum absolute atomic E-state index is 12.9. The summed E-state index contributed by atoms with van der Waals surface area (Å²) in [4.78, 5) is 18.8. The summed E-state index contributed by atoms with van der Waals surface area (Å²) >= 11 is 0. The van der Waals surface area contributed by atoms with Crippen molar-refractivity contribution in [3.63, 3.8) is 0 Å². The molecule has 0 saturated carbocycles. The molecule has 2 heterocycles. The number of hydrogen-bond donors (Lipinski definition) is 1. The standard InChI is InChI=1S/C16H16FN3O/c1-20-7-6-14-11(10-20)8-18-9-15(14)16(21)19-13-4-2-12(17)3-5-13/h2-5,8-9H,6-7,10H2,1H3,(H,19,21). The number of nitrogens with zero attached hydrogens (tertiary/aromatic N) is 2. The van der Waals surface area contributed by atoms with Gasteiger partial charge >= 0.3 is 0 Å². The Morgan fingerprint density at radius 3 is 2.81 bits per heavy atom. The van der Waals surface area contributed by atoms with E-state index in [4.69, 9.17) is 0 Å². The van der Waals surface area contributed by atoms with Crippen LogP contribution >= 0.6 is 0 Å². The van der Waals surface area contributed by atoms with E-state index in [0.29, 0.717) is 11.3 Å². The van der Waals surface area contributed by atoms with Gasteiger partial charge in [0.15, 0.2) is 0 Å². The molecule has 0 bridgehead atoms. The fourth-order valence-corrected chi connectivity index (χ4v) is 2.56. The summed E-state index contributed by atoms with van der Waals surface area (Å²) in [5, 5.41) is 2.79. The minimum Gasteiger partial charge on any atom is -0.322 e. The van der Waals surface area contributed by atoms with Crippen molar-refractivity contribution < 1.29 is 9.18 Å². The Kier molecular flexibility index (Phi) is 3.66. The van der Waals surface area contributed by atoms with Crippen LogP contribution in [0.1, 0.15) is 21.5 Å². The van der Waals surface area contributed by atoms with E-state index >= 15 is 0 Å². The molecule has 0 spiro atoms. The molecule has 0 atom stereocenters. The molecule has 108 valence electrons. The zero-order valence-electron chi connectivity index (χ0n) is 11.8. The van der Waals surface area contributed by atoms with Crippen LogP contribution in [0.4, 0.5) is 10.1 Å². The maximum Gasteiger partial charge on any atom is 0.257 e. The number of fused-ring (bicyclic) bond motifs is 1. The van der Waals surface area contributed by atoms with Crippen LogP contribution in [0.5, 0.6) is 0 Å². The summed E-state index contributed by atoms with van der Waals surface area (Å²) in [6, 6.07) is 5.74. The fraction of sp³-hybridized carbons (Fsp3) is 0.250.